The predicted octanol–water partition coefficient (Wildman–Crippen LogP) is 3.36. The predicted molar refractivity (Wildman–Crippen MR) is 49.5 cm³/mol. The van der Waals surface area contributed by atoms with Gasteiger partial charge in [-0.25, -0.2) is 0 Å². The molecule has 11 heavy (non-hydrogen) atoms. The molecule has 0 aliphatic carbocycles. The zero-order valence-corrected chi connectivity index (χ0v) is 8.62. The van der Waals surface area contributed by atoms with Crippen LogP contribution in [0.15, 0.2) is 11.3 Å². The highest BCUT2D eigenvalue weighted by molar-refractivity contribution is 5.04. The fraction of sp³-hybridized carbons (Fsp3) is 0.800. The molecule has 0 aromatic heterocycles. The number of methoxy groups -OCH3 is 1. The number of hydrogen-bond donors (Lipinski definition) is 0. The maximum absolute atomic E-state index is 5.27. The lowest BCUT2D eigenvalue weighted by Crippen LogP contribution is -2.08. The van der Waals surface area contributed by atoms with E-state index in [-0.39, 0.29) is 0 Å². The number of rotatable bonds is 2. The van der Waals surface area contributed by atoms with Crippen LogP contribution in [-0.2, 0) is 4.74 Å². The normalized spacial score (nSPS) is 11.1. The lowest BCUT2D eigenvalue weighted by molar-refractivity contribution is 0.233. The maximum atomic E-state index is 5.27. The van der Waals surface area contributed by atoms with E-state index in [0.717, 1.165) is 12.2 Å². The largest absolute Gasteiger partial charge is 0.501 e. The van der Waals surface area contributed by atoms with E-state index >= 15 is 0 Å². The average molecular weight is 156 g/mol. The van der Waals surface area contributed by atoms with Gasteiger partial charge in [-0.15, -0.1) is 0 Å². The van der Waals surface area contributed by atoms with Crippen molar-refractivity contribution in [2.24, 2.45) is 5.41 Å². The van der Waals surface area contributed by atoms with E-state index in [1.165, 1.54) is 5.57 Å². The van der Waals surface area contributed by atoms with Crippen LogP contribution < -0.4 is 0 Å². The Morgan fingerprint density at radius 1 is 1.18 bits per heavy atom. The van der Waals surface area contributed by atoms with Crippen molar-refractivity contribution in [2.45, 2.75) is 41.0 Å². The van der Waals surface area contributed by atoms with Crippen LogP contribution in [0.1, 0.15) is 41.0 Å². The molecule has 1 nitrogen and oxygen atoms in total. The van der Waals surface area contributed by atoms with Crippen LogP contribution in [0.4, 0.5) is 0 Å². The molecule has 0 N–H and O–H groups in total. The first kappa shape index (κ1) is 10.5. The SMILES string of the molecule is COC(CC(C)(C)C)=C(C)C. The monoisotopic (exact) mass is 156 g/mol. The van der Waals surface area contributed by atoms with E-state index in [1.807, 2.05) is 0 Å². The summed E-state index contributed by atoms with van der Waals surface area (Å²) in [4.78, 5) is 0. The number of allylic oxidation sites excluding steroid dienone is 2. The zero-order chi connectivity index (χ0) is 9.07. The van der Waals surface area contributed by atoms with Crippen LogP contribution in [0, 0.1) is 5.41 Å². The van der Waals surface area contributed by atoms with Gasteiger partial charge in [0.15, 0.2) is 0 Å². The highest BCUT2D eigenvalue weighted by atomic mass is 16.5. The van der Waals surface area contributed by atoms with Crippen molar-refractivity contribution < 1.29 is 4.74 Å². The van der Waals surface area contributed by atoms with E-state index < -0.39 is 0 Å². The van der Waals surface area contributed by atoms with Gasteiger partial charge in [0.25, 0.3) is 0 Å². The third-order valence-corrected chi connectivity index (χ3v) is 1.49. The lowest BCUT2D eigenvalue weighted by Gasteiger charge is -2.20. The van der Waals surface area contributed by atoms with Crippen LogP contribution in [0.5, 0.6) is 0 Å². The molecule has 0 aromatic rings. The first-order chi connectivity index (χ1) is 4.87. The van der Waals surface area contributed by atoms with Crippen molar-refractivity contribution in [3.63, 3.8) is 0 Å². The first-order valence-electron chi connectivity index (χ1n) is 4.07. The van der Waals surface area contributed by atoms with Gasteiger partial charge in [-0.2, -0.15) is 0 Å². The van der Waals surface area contributed by atoms with Crippen LogP contribution >= 0.6 is 0 Å². The summed E-state index contributed by atoms with van der Waals surface area (Å²) < 4.78 is 5.27. The fourth-order valence-electron chi connectivity index (χ4n) is 0.935. The highest BCUT2D eigenvalue weighted by Crippen LogP contribution is 2.25. The third-order valence-electron chi connectivity index (χ3n) is 1.49. The van der Waals surface area contributed by atoms with Crippen molar-refractivity contribution >= 4 is 0 Å². The third kappa shape index (κ3) is 4.88. The molecule has 0 aliphatic rings. The average Bonchev–Trinajstić information content (AvgIpc) is 1.80. The van der Waals surface area contributed by atoms with Crippen molar-refractivity contribution in [3.8, 4) is 0 Å². The van der Waals surface area contributed by atoms with Crippen LogP contribution in [0.2, 0.25) is 0 Å². The Morgan fingerprint density at radius 3 is 1.73 bits per heavy atom. The van der Waals surface area contributed by atoms with Crippen molar-refractivity contribution in [3.05, 3.63) is 11.3 Å². The van der Waals surface area contributed by atoms with E-state index in [1.54, 1.807) is 7.11 Å². The molecule has 0 unspecified atom stereocenters. The van der Waals surface area contributed by atoms with Crippen molar-refractivity contribution in [1.82, 2.24) is 0 Å². The van der Waals surface area contributed by atoms with Gasteiger partial charge in [-0.3, -0.25) is 0 Å². The summed E-state index contributed by atoms with van der Waals surface area (Å²) in [6, 6.07) is 0. The number of ether oxygens (including phenoxy) is 1. The Kier molecular flexibility index (Phi) is 3.64. The van der Waals surface area contributed by atoms with Crippen molar-refractivity contribution in [2.75, 3.05) is 7.11 Å². The van der Waals surface area contributed by atoms with E-state index in [4.69, 9.17) is 4.74 Å². The molecule has 0 fully saturated rings. The van der Waals surface area contributed by atoms with E-state index in [9.17, 15) is 0 Å². The Balaban J connectivity index is 4.23. The van der Waals surface area contributed by atoms with Gasteiger partial charge in [0.05, 0.1) is 12.9 Å². The van der Waals surface area contributed by atoms with Crippen LogP contribution in [0.3, 0.4) is 0 Å². The Morgan fingerprint density at radius 2 is 1.64 bits per heavy atom. The molecule has 1 heteroatoms. The Hall–Kier alpha value is -0.460. The van der Waals surface area contributed by atoms with E-state index in [2.05, 4.69) is 34.6 Å². The molecular weight excluding hydrogens is 136 g/mol. The lowest BCUT2D eigenvalue weighted by atomic mass is 9.90. The van der Waals surface area contributed by atoms with Gasteiger partial charge in [0.1, 0.15) is 0 Å². The summed E-state index contributed by atoms with van der Waals surface area (Å²) in [7, 11) is 1.74. The van der Waals surface area contributed by atoms with Gasteiger partial charge in [0, 0.05) is 6.42 Å². The molecule has 0 saturated heterocycles. The molecule has 0 aromatic carbocycles. The quantitative estimate of drug-likeness (QED) is 0.557. The fourth-order valence-corrected chi connectivity index (χ4v) is 0.935. The molecular formula is C10H20O. The summed E-state index contributed by atoms with van der Waals surface area (Å²) >= 11 is 0. The Labute approximate surface area is 70.4 Å². The van der Waals surface area contributed by atoms with Gasteiger partial charge >= 0.3 is 0 Å². The molecule has 0 amide bonds. The minimum Gasteiger partial charge on any atom is -0.501 e. The minimum atomic E-state index is 0.322. The molecule has 0 bridgehead atoms. The molecule has 0 aliphatic heterocycles. The molecule has 0 atom stereocenters. The second kappa shape index (κ2) is 3.80. The van der Waals surface area contributed by atoms with Gasteiger partial charge in [0.2, 0.25) is 0 Å². The topological polar surface area (TPSA) is 9.23 Å². The molecule has 0 spiro atoms. The summed E-state index contributed by atoms with van der Waals surface area (Å²) in [5.41, 5.74) is 1.60. The Bertz CT molecular complexity index is 145. The molecule has 0 rings (SSSR count). The minimum absolute atomic E-state index is 0.322. The van der Waals surface area contributed by atoms with Gasteiger partial charge in [-0.05, 0) is 24.8 Å². The van der Waals surface area contributed by atoms with Gasteiger partial charge in [-0.1, -0.05) is 20.8 Å². The van der Waals surface area contributed by atoms with E-state index in [0.29, 0.717) is 5.41 Å². The zero-order valence-electron chi connectivity index (χ0n) is 8.62. The molecule has 0 heterocycles. The van der Waals surface area contributed by atoms with Crippen molar-refractivity contribution in [1.29, 1.82) is 0 Å². The standard InChI is InChI=1S/C10H20O/c1-8(2)9(11-6)7-10(3,4)5/h7H2,1-6H3. The summed E-state index contributed by atoms with van der Waals surface area (Å²) in [6.45, 7) is 10.8. The number of hydrogen-bond acceptors (Lipinski definition) is 1. The highest BCUT2D eigenvalue weighted by Gasteiger charge is 2.14. The second-order valence-corrected chi connectivity index (χ2v) is 4.36. The molecule has 0 saturated carbocycles. The molecule has 0 radical (unpaired) electrons. The maximum Gasteiger partial charge on any atom is 0.0947 e. The second-order valence-electron chi connectivity index (χ2n) is 4.36. The summed E-state index contributed by atoms with van der Waals surface area (Å²) in [5, 5.41) is 0. The van der Waals surface area contributed by atoms with Gasteiger partial charge < -0.3 is 4.74 Å². The smallest absolute Gasteiger partial charge is 0.0947 e. The molecule has 66 valence electrons. The summed E-state index contributed by atoms with van der Waals surface area (Å²) in [5.74, 6) is 1.12. The summed E-state index contributed by atoms with van der Waals surface area (Å²) in [6.07, 6.45) is 1.02. The first-order valence-corrected chi connectivity index (χ1v) is 4.07. The van der Waals surface area contributed by atoms with Crippen LogP contribution in [-0.4, -0.2) is 7.11 Å². The van der Waals surface area contributed by atoms with Crippen LogP contribution in [0.25, 0.3) is 0 Å².